The van der Waals surface area contributed by atoms with E-state index in [9.17, 15) is 4.79 Å². The van der Waals surface area contributed by atoms with Crippen LogP contribution >= 0.6 is 11.8 Å². The van der Waals surface area contributed by atoms with Crippen molar-refractivity contribution in [1.29, 1.82) is 0 Å². The topological polar surface area (TPSA) is 111 Å². The van der Waals surface area contributed by atoms with Gasteiger partial charge in [-0.1, -0.05) is 23.8 Å². The van der Waals surface area contributed by atoms with Crippen molar-refractivity contribution in [3.8, 4) is 0 Å². The first-order valence-corrected chi connectivity index (χ1v) is 6.47. The maximum absolute atomic E-state index is 11.2. The summed E-state index contributed by atoms with van der Waals surface area (Å²) in [5, 5.41) is 4.28. The van der Waals surface area contributed by atoms with Crippen molar-refractivity contribution in [1.82, 2.24) is 20.1 Å². The number of aryl methyl sites for hydroxylation is 1. The summed E-state index contributed by atoms with van der Waals surface area (Å²) in [6.07, 6.45) is 1.73. The molecular weight excluding hydrogens is 254 g/mol. The standard InChI is InChI=1S/C10H13N5O2S/c1-2-3-9-13-7(15-17-9)5-18-10-12-6(11)4-8(16)14-10/h4H,2-3,5H2,1H3,(H3,11,12,14,16). The van der Waals surface area contributed by atoms with Crippen molar-refractivity contribution in [2.24, 2.45) is 0 Å². The molecule has 2 aromatic heterocycles. The van der Waals surface area contributed by atoms with E-state index in [1.807, 2.05) is 6.92 Å². The number of nitrogens with zero attached hydrogens (tertiary/aromatic N) is 3. The quantitative estimate of drug-likeness (QED) is 0.613. The lowest BCUT2D eigenvalue weighted by molar-refractivity contribution is 0.373. The average Bonchev–Trinajstić information content (AvgIpc) is 2.74. The highest BCUT2D eigenvalue weighted by molar-refractivity contribution is 7.98. The Morgan fingerprint density at radius 2 is 2.33 bits per heavy atom. The van der Waals surface area contributed by atoms with Gasteiger partial charge in [-0.2, -0.15) is 4.98 Å². The highest BCUT2D eigenvalue weighted by Crippen LogP contribution is 2.17. The Morgan fingerprint density at radius 1 is 1.50 bits per heavy atom. The van der Waals surface area contributed by atoms with Crippen LogP contribution in [0.5, 0.6) is 0 Å². The molecule has 0 radical (unpaired) electrons. The second kappa shape index (κ2) is 5.67. The molecule has 18 heavy (non-hydrogen) atoms. The number of aromatic nitrogens is 4. The molecule has 2 rings (SSSR count). The van der Waals surface area contributed by atoms with Crippen LogP contribution in [-0.2, 0) is 12.2 Å². The highest BCUT2D eigenvalue weighted by atomic mass is 32.2. The molecule has 8 heteroatoms. The van der Waals surface area contributed by atoms with Crippen molar-refractivity contribution in [2.75, 3.05) is 5.73 Å². The normalized spacial score (nSPS) is 10.7. The van der Waals surface area contributed by atoms with Crippen LogP contribution in [0.2, 0.25) is 0 Å². The molecule has 2 aromatic rings. The van der Waals surface area contributed by atoms with Crippen LogP contribution in [0.15, 0.2) is 20.5 Å². The fourth-order valence-corrected chi connectivity index (χ4v) is 2.04. The molecule has 0 spiro atoms. The Hall–Kier alpha value is -1.83. The molecular formula is C10H13N5O2S. The predicted octanol–water partition coefficient (Wildman–Crippen LogP) is 0.980. The van der Waals surface area contributed by atoms with Gasteiger partial charge in [0.25, 0.3) is 5.56 Å². The second-order valence-electron chi connectivity index (χ2n) is 3.62. The lowest BCUT2D eigenvalue weighted by atomic mass is 10.3. The molecule has 0 bridgehead atoms. The molecule has 0 aliphatic heterocycles. The van der Waals surface area contributed by atoms with Crippen LogP contribution < -0.4 is 11.3 Å². The van der Waals surface area contributed by atoms with Crippen molar-refractivity contribution in [3.05, 3.63) is 28.1 Å². The molecule has 0 aliphatic carbocycles. The number of hydrogen-bond acceptors (Lipinski definition) is 7. The van der Waals surface area contributed by atoms with Gasteiger partial charge in [0, 0.05) is 12.5 Å². The summed E-state index contributed by atoms with van der Waals surface area (Å²) in [5.41, 5.74) is 5.20. The van der Waals surface area contributed by atoms with Crippen LogP contribution in [0.4, 0.5) is 5.82 Å². The Bertz CT molecular complexity index is 580. The Labute approximate surface area is 107 Å². The zero-order valence-electron chi connectivity index (χ0n) is 9.84. The largest absolute Gasteiger partial charge is 0.383 e. The number of rotatable bonds is 5. The number of H-pyrrole nitrogens is 1. The van der Waals surface area contributed by atoms with E-state index < -0.39 is 0 Å². The minimum atomic E-state index is -0.273. The van der Waals surface area contributed by atoms with Crippen LogP contribution in [0.3, 0.4) is 0 Å². The van der Waals surface area contributed by atoms with Gasteiger partial charge < -0.3 is 15.2 Å². The molecule has 0 aromatic carbocycles. The van der Waals surface area contributed by atoms with Crippen molar-refractivity contribution in [2.45, 2.75) is 30.7 Å². The van der Waals surface area contributed by atoms with E-state index in [2.05, 4.69) is 20.1 Å². The molecule has 96 valence electrons. The third-order valence-electron chi connectivity index (χ3n) is 2.05. The summed E-state index contributed by atoms with van der Waals surface area (Å²) in [4.78, 5) is 22.0. The van der Waals surface area contributed by atoms with E-state index in [4.69, 9.17) is 10.3 Å². The van der Waals surface area contributed by atoms with Crippen molar-refractivity contribution < 1.29 is 4.52 Å². The van der Waals surface area contributed by atoms with Crippen molar-refractivity contribution in [3.63, 3.8) is 0 Å². The van der Waals surface area contributed by atoms with E-state index in [1.165, 1.54) is 17.8 Å². The zero-order valence-corrected chi connectivity index (χ0v) is 10.7. The third kappa shape index (κ3) is 3.33. The summed E-state index contributed by atoms with van der Waals surface area (Å²) in [6, 6.07) is 1.23. The number of hydrogen-bond donors (Lipinski definition) is 2. The van der Waals surface area contributed by atoms with Crippen molar-refractivity contribution >= 4 is 17.6 Å². The average molecular weight is 267 g/mol. The molecule has 0 saturated carbocycles. The SMILES string of the molecule is CCCc1nc(CSc2nc(N)cc(=O)[nH]2)no1. The zero-order chi connectivity index (χ0) is 13.0. The number of nitrogens with one attached hydrogen (secondary N) is 1. The number of anilines is 1. The van der Waals surface area contributed by atoms with Gasteiger partial charge >= 0.3 is 0 Å². The van der Waals surface area contributed by atoms with Crippen LogP contribution in [0, 0.1) is 0 Å². The maximum Gasteiger partial charge on any atom is 0.253 e. The van der Waals surface area contributed by atoms with Gasteiger partial charge in [0.15, 0.2) is 11.0 Å². The molecule has 2 heterocycles. The third-order valence-corrected chi connectivity index (χ3v) is 2.92. The lowest BCUT2D eigenvalue weighted by Gasteiger charge is -1.98. The van der Waals surface area contributed by atoms with Crippen LogP contribution in [-0.4, -0.2) is 20.1 Å². The molecule has 0 unspecified atom stereocenters. The Morgan fingerprint density at radius 3 is 3.06 bits per heavy atom. The lowest BCUT2D eigenvalue weighted by Crippen LogP contribution is -2.09. The molecule has 3 N–H and O–H groups in total. The Balaban J connectivity index is 1.99. The molecule has 7 nitrogen and oxygen atoms in total. The predicted molar refractivity (Wildman–Crippen MR) is 67.1 cm³/mol. The summed E-state index contributed by atoms with van der Waals surface area (Å²) >= 11 is 1.30. The van der Waals surface area contributed by atoms with E-state index in [-0.39, 0.29) is 11.4 Å². The summed E-state index contributed by atoms with van der Waals surface area (Å²) in [7, 11) is 0. The van der Waals surface area contributed by atoms with Gasteiger partial charge in [-0.05, 0) is 6.42 Å². The maximum atomic E-state index is 11.2. The molecule has 0 saturated heterocycles. The fourth-order valence-electron chi connectivity index (χ4n) is 1.32. The van der Waals surface area contributed by atoms with Crippen LogP contribution in [0.1, 0.15) is 25.1 Å². The van der Waals surface area contributed by atoms with Gasteiger partial charge in [-0.25, -0.2) is 4.98 Å². The Kier molecular flexibility index (Phi) is 3.98. The van der Waals surface area contributed by atoms with E-state index >= 15 is 0 Å². The minimum Gasteiger partial charge on any atom is -0.383 e. The smallest absolute Gasteiger partial charge is 0.253 e. The first-order chi connectivity index (χ1) is 8.67. The van der Waals surface area contributed by atoms with Gasteiger partial charge in [-0.3, -0.25) is 4.79 Å². The number of nitrogens with two attached hydrogens (primary N) is 1. The highest BCUT2D eigenvalue weighted by Gasteiger charge is 2.07. The first-order valence-electron chi connectivity index (χ1n) is 5.48. The number of aromatic amines is 1. The monoisotopic (exact) mass is 267 g/mol. The summed E-state index contributed by atoms with van der Waals surface area (Å²) < 4.78 is 5.05. The van der Waals surface area contributed by atoms with Gasteiger partial charge in [0.05, 0.1) is 5.75 Å². The first kappa shape index (κ1) is 12.6. The molecule has 0 aliphatic rings. The van der Waals surface area contributed by atoms with E-state index in [0.717, 1.165) is 12.8 Å². The number of nitrogen functional groups attached to an aromatic ring is 1. The summed E-state index contributed by atoms with van der Waals surface area (Å²) in [6.45, 7) is 2.04. The molecule has 0 fully saturated rings. The summed E-state index contributed by atoms with van der Waals surface area (Å²) in [5.74, 6) is 1.87. The number of thioether (sulfide) groups is 1. The van der Waals surface area contributed by atoms with Gasteiger partial charge in [-0.15, -0.1) is 0 Å². The van der Waals surface area contributed by atoms with E-state index in [0.29, 0.717) is 22.6 Å². The molecule has 0 amide bonds. The minimum absolute atomic E-state index is 0.195. The van der Waals surface area contributed by atoms with Gasteiger partial charge in [0.1, 0.15) is 5.82 Å². The van der Waals surface area contributed by atoms with Gasteiger partial charge in [0.2, 0.25) is 5.89 Å². The van der Waals surface area contributed by atoms with Crippen LogP contribution in [0.25, 0.3) is 0 Å². The molecule has 0 atom stereocenters. The second-order valence-corrected chi connectivity index (χ2v) is 4.58. The van der Waals surface area contributed by atoms with E-state index in [1.54, 1.807) is 0 Å². The fraction of sp³-hybridized carbons (Fsp3) is 0.400.